The molecular formula is C15H19F3N2O. The van der Waals surface area contributed by atoms with E-state index >= 15 is 0 Å². The molecule has 1 aromatic carbocycles. The molecule has 21 heavy (non-hydrogen) atoms. The highest BCUT2D eigenvalue weighted by molar-refractivity contribution is 6.00. The van der Waals surface area contributed by atoms with Gasteiger partial charge in [0.2, 0.25) is 0 Å². The van der Waals surface area contributed by atoms with Crippen LogP contribution < -0.4 is 10.6 Å². The Morgan fingerprint density at radius 3 is 2.52 bits per heavy atom. The second-order valence-corrected chi connectivity index (χ2v) is 5.51. The van der Waals surface area contributed by atoms with E-state index in [4.69, 9.17) is 0 Å². The van der Waals surface area contributed by atoms with E-state index in [1.807, 2.05) is 13.8 Å². The zero-order chi connectivity index (χ0) is 15.7. The van der Waals surface area contributed by atoms with Crippen LogP contribution in [-0.2, 0) is 0 Å². The lowest BCUT2D eigenvalue weighted by molar-refractivity contribution is -0.163. The Balaban J connectivity index is 2.19. The molecule has 0 atom stereocenters. The summed E-state index contributed by atoms with van der Waals surface area (Å²) in [5, 5.41) is 5.24. The number of benzene rings is 1. The smallest absolute Gasteiger partial charge is 0.384 e. The van der Waals surface area contributed by atoms with Gasteiger partial charge in [-0.25, -0.2) is 0 Å². The number of carbonyl (C=O) groups is 1. The van der Waals surface area contributed by atoms with E-state index in [2.05, 4.69) is 10.6 Å². The maximum absolute atomic E-state index is 12.9. The van der Waals surface area contributed by atoms with Crippen LogP contribution in [0.1, 0.15) is 42.1 Å². The second-order valence-electron chi connectivity index (χ2n) is 5.51. The number of nitrogens with one attached hydrogen (secondary N) is 2. The van der Waals surface area contributed by atoms with Crippen LogP contribution in [0.25, 0.3) is 0 Å². The molecule has 2 rings (SSSR count). The first-order valence-corrected chi connectivity index (χ1v) is 7.03. The van der Waals surface area contributed by atoms with Gasteiger partial charge in [0.15, 0.2) is 0 Å². The average molecular weight is 300 g/mol. The monoisotopic (exact) mass is 300 g/mol. The predicted molar refractivity (Wildman–Crippen MR) is 75.4 cm³/mol. The lowest BCUT2D eigenvalue weighted by atomic mass is 10.1. The van der Waals surface area contributed by atoms with E-state index in [0.717, 1.165) is 12.0 Å². The average Bonchev–Trinajstić information content (AvgIpc) is 3.16. The van der Waals surface area contributed by atoms with E-state index in [-0.39, 0.29) is 18.4 Å². The first-order valence-electron chi connectivity index (χ1n) is 7.03. The van der Waals surface area contributed by atoms with E-state index < -0.39 is 17.6 Å². The molecule has 1 aliphatic rings. The summed E-state index contributed by atoms with van der Waals surface area (Å²) < 4.78 is 38.7. The van der Waals surface area contributed by atoms with Crippen LogP contribution in [-0.4, -0.2) is 24.2 Å². The van der Waals surface area contributed by atoms with Crippen molar-refractivity contribution in [3.8, 4) is 0 Å². The van der Waals surface area contributed by atoms with Gasteiger partial charge in [0.25, 0.3) is 5.91 Å². The molecule has 1 saturated carbocycles. The molecular weight excluding hydrogens is 281 g/mol. The van der Waals surface area contributed by atoms with Gasteiger partial charge in [-0.2, -0.15) is 13.2 Å². The van der Waals surface area contributed by atoms with Crippen molar-refractivity contribution in [1.82, 2.24) is 5.32 Å². The topological polar surface area (TPSA) is 41.1 Å². The quantitative estimate of drug-likeness (QED) is 0.871. The predicted octanol–water partition coefficient (Wildman–Crippen LogP) is 3.64. The van der Waals surface area contributed by atoms with Gasteiger partial charge in [0.1, 0.15) is 5.54 Å². The summed E-state index contributed by atoms with van der Waals surface area (Å²) in [6.07, 6.45) is -3.64. The molecule has 0 aliphatic heterocycles. The number of carbonyl (C=O) groups excluding carboxylic acids is 1. The highest BCUT2D eigenvalue weighted by Gasteiger charge is 2.64. The van der Waals surface area contributed by atoms with Gasteiger partial charge in [-0.15, -0.1) is 0 Å². The molecule has 1 aliphatic carbocycles. The number of rotatable bonds is 5. The molecule has 1 fully saturated rings. The third-order valence-electron chi connectivity index (χ3n) is 3.63. The van der Waals surface area contributed by atoms with Crippen molar-refractivity contribution >= 4 is 11.6 Å². The summed E-state index contributed by atoms with van der Waals surface area (Å²) in [7, 11) is 0. The SMILES string of the molecule is CCCNc1cc(C)ccc1C(=O)NC1(C(F)(F)F)CC1. The molecule has 3 nitrogen and oxygen atoms in total. The molecule has 116 valence electrons. The third-order valence-corrected chi connectivity index (χ3v) is 3.63. The van der Waals surface area contributed by atoms with Crippen LogP contribution in [0, 0.1) is 6.92 Å². The lowest BCUT2D eigenvalue weighted by Crippen LogP contribution is -2.48. The molecule has 0 radical (unpaired) electrons. The molecule has 0 bridgehead atoms. The molecule has 0 saturated heterocycles. The minimum absolute atomic E-state index is 0.0498. The van der Waals surface area contributed by atoms with Gasteiger partial charge >= 0.3 is 6.18 Å². The van der Waals surface area contributed by atoms with Gasteiger partial charge in [-0.05, 0) is 43.9 Å². The standard InChI is InChI=1S/C15H19F3N2O/c1-3-8-19-12-9-10(2)4-5-11(12)13(21)20-14(6-7-14)15(16,17)18/h4-5,9,19H,3,6-8H2,1-2H3,(H,20,21). The van der Waals surface area contributed by atoms with Crippen LogP contribution >= 0.6 is 0 Å². The Hall–Kier alpha value is -1.72. The van der Waals surface area contributed by atoms with E-state index in [1.54, 1.807) is 18.2 Å². The first kappa shape index (κ1) is 15.7. The van der Waals surface area contributed by atoms with Gasteiger partial charge in [-0.1, -0.05) is 13.0 Å². The van der Waals surface area contributed by atoms with Crippen molar-refractivity contribution in [2.24, 2.45) is 0 Å². The largest absolute Gasteiger partial charge is 0.411 e. The Morgan fingerprint density at radius 1 is 1.33 bits per heavy atom. The van der Waals surface area contributed by atoms with Gasteiger partial charge < -0.3 is 10.6 Å². The Kier molecular flexibility index (Phi) is 4.16. The number of aryl methyl sites for hydroxylation is 1. The fraction of sp³-hybridized carbons (Fsp3) is 0.533. The highest BCUT2D eigenvalue weighted by atomic mass is 19.4. The van der Waals surface area contributed by atoms with Crippen molar-refractivity contribution in [1.29, 1.82) is 0 Å². The Morgan fingerprint density at radius 2 is 2.00 bits per heavy atom. The normalized spacial score (nSPS) is 16.4. The minimum atomic E-state index is -4.40. The van der Waals surface area contributed by atoms with Crippen molar-refractivity contribution in [3.63, 3.8) is 0 Å². The molecule has 0 aromatic heterocycles. The zero-order valence-corrected chi connectivity index (χ0v) is 12.1. The van der Waals surface area contributed by atoms with Crippen molar-refractivity contribution < 1.29 is 18.0 Å². The van der Waals surface area contributed by atoms with E-state index in [0.29, 0.717) is 12.2 Å². The van der Waals surface area contributed by atoms with E-state index in [1.165, 1.54) is 0 Å². The maximum Gasteiger partial charge on any atom is 0.411 e. The molecule has 6 heteroatoms. The summed E-state index contributed by atoms with van der Waals surface area (Å²) in [6, 6.07) is 5.06. The maximum atomic E-state index is 12.9. The Labute approximate surface area is 121 Å². The number of hydrogen-bond acceptors (Lipinski definition) is 2. The zero-order valence-electron chi connectivity index (χ0n) is 12.1. The highest BCUT2D eigenvalue weighted by Crippen LogP contribution is 2.49. The van der Waals surface area contributed by atoms with Crippen LogP contribution in [0.3, 0.4) is 0 Å². The summed E-state index contributed by atoms with van der Waals surface area (Å²) in [5.41, 5.74) is -0.254. The number of halogens is 3. The van der Waals surface area contributed by atoms with Gasteiger partial charge in [-0.3, -0.25) is 4.79 Å². The van der Waals surface area contributed by atoms with Gasteiger partial charge in [0.05, 0.1) is 5.56 Å². The molecule has 0 spiro atoms. The van der Waals surface area contributed by atoms with Crippen LogP contribution in [0.5, 0.6) is 0 Å². The summed E-state index contributed by atoms with van der Waals surface area (Å²) >= 11 is 0. The molecule has 0 unspecified atom stereocenters. The third kappa shape index (κ3) is 3.31. The summed E-state index contributed by atoms with van der Waals surface area (Å²) in [4.78, 5) is 12.2. The molecule has 2 N–H and O–H groups in total. The van der Waals surface area contributed by atoms with E-state index in [9.17, 15) is 18.0 Å². The Bertz CT molecular complexity index is 536. The molecule has 0 heterocycles. The first-order chi connectivity index (χ1) is 9.79. The fourth-order valence-electron chi connectivity index (χ4n) is 2.15. The van der Waals surface area contributed by atoms with Crippen LogP contribution in [0.2, 0.25) is 0 Å². The molecule has 1 amide bonds. The van der Waals surface area contributed by atoms with Crippen molar-refractivity contribution in [2.75, 3.05) is 11.9 Å². The molecule has 1 aromatic rings. The minimum Gasteiger partial charge on any atom is -0.384 e. The second kappa shape index (κ2) is 5.58. The number of anilines is 1. The fourth-order valence-corrected chi connectivity index (χ4v) is 2.15. The van der Waals surface area contributed by atoms with Crippen LogP contribution in [0.15, 0.2) is 18.2 Å². The van der Waals surface area contributed by atoms with Crippen LogP contribution in [0.4, 0.5) is 18.9 Å². The van der Waals surface area contributed by atoms with Crippen molar-refractivity contribution in [2.45, 2.75) is 44.8 Å². The number of amides is 1. The lowest BCUT2D eigenvalue weighted by Gasteiger charge is -2.21. The van der Waals surface area contributed by atoms with Crippen molar-refractivity contribution in [3.05, 3.63) is 29.3 Å². The number of hydrogen-bond donors (Lipinski definition) is 2. The van der Waals surface area contributed by atoms with Gasteiger partial charge in [0, 0.05) is 12.2 Å². The summed E-state index contributed by atoms with van der Waals surface area (Å²) in [5.74, 6) is -0.677. The summed E-state index contributed by atoms with van der Waals surface area (Å²) in [6.45, 7) is 4.51. The number of alkyl halides is 3.